The topological polar surface area (TPSA) is 87.9 Å². The largest absolute Gasteiger partial charge is 0.379 e. The molecule has 0 radical (unpaired) electrons. The molecule has 0 aliphatic carbocycles. The van der Waals surface area contributed by atoms with Crippen molar-refractivity contribution in [1.82, 2.24) is 15.0 Å². The average molecular weight is 338 g/mol. The smallest absolute Gasteiger partial charge is 0.245 e. The fourth-order valence-corrected chi connectivity index (χ4v) is 2.50. The molecule has 1 aliphatic rings. The van der Waals surface area contributed by atoms with E-state index in [9.17, 15) is 9.59 Å². The summed E-state index contributed by atoms with van der Waals surface area (Å²) in [5.74, 6) is 0.515. The lowest BCUT2D eigenvalue weighted by Crippen LogP contribution is -2.46. The summed E-state index contributed by atoms with van der Waals surface area (Å²) in [4.78, 5) is 28.4. The number of hydrogen-bond acceptors (Lipinski definition) is 6. The maximum absolute atomic E-state index is 12.4. The van der Waals surface area contributed by atoms with Crippen LogP contribution in [0.4, 0.5) is 5.82 Å². The van der Waals surface area contributed by atoms with Crippen LogP contribution < -0.4 is 5.32 Å². The summed E-state index contributed by atoms with van der Waals surface area (Å²) in [6.07, 6.45) is 0. The van der Waals surface area contributed by atoms with E-state index in [-0.39, 0.29) is 24.3 Å². The molecule has 134 valence electrons. The second-order valence-corrected chi connectivity index (χ2v) is 6.24. The van der Waals surface area contributed by atoms with Crippen LogP contribution in [0, 0.1) is 12.8 Å². The molecular formula is C16H26N4O4. The van der Waals surface area contributed by atoms with Gasteiger partial charge >= 0.3 is 0 Å². The summed E-state index contributed by atoms with van der Waals surface area (Å²) in [6, 6.07) is 1.64. The highest BCUT2D eigenvalue weighted by Crippen LogP contribution is 2.08. The number of morpholine rings is 1. The van der Waals surface area contributed by atoms with Gasteiger partial charge in [-0.05, 0) is 6.92 Å². The standard InChI is InChI=1S/C16H26N4O4/c1-12(2)16(22)20(5-4-19-6-8-23-9-7-19)11-15(21)17-14-10-13(3)24-18-14/h10,12H,4-9,11H2,1-3H3,(H,17,18,21). The average Bonchev–Trinajstić information content (AvgIpc) is 2.96. The molecule has 0 atom stereocenters. The number of aryl methyl sites for hydroxylation is 1. The van der Waals surface area contributed by atoms with E-state index >= 15 is 0 Å². The van der Waals surface area contributed by atoms with Gasteiger partial charge in [0.25, 0.3) is 0 Å². The minimum absolute atomic E-state index is 0.00720. The van der Waals surface area contributed by atoms with Crippen molar-refractivity contribution in [3.8, 4) is 0 Å². The van der Waals surface area contributed by atoms with Gasteiger partial charge in [-0.3, -0.25) is 14.5 Å². The van der Waals surface area contributed by atoms with Gasteiger partial charge in [0, 0.05) is 38.2 Å². The van der Waals surface area contributed by atoms with Crippen molar-refractivity contribution in [3.63, 3.8) is 0 Å². The lowest BCUT2D eigenvalue weighted by atomic mass is 10.2. The Kier molecular flexibility index (Phi) is 6.74. The molecule has 1 aromatic rings. The highest BCUT2D eigenvalue weighted by Gasteiger charge is 2.21. The molecule has 2 amide bonds. The van der Waals surface area contributed by atoms with Gasteiger partial charge in [0.2, 0.25) is 11.8 Å². The van der Waals surface area contributed by atoms with Gasteiger partial charge in [-0.15, -0.1) is 0 Å². The molecule has 8 nitrogen and oxygen atoms in total. The molecule has 0 spiro atoms. The van der Waals surface area contributed by atoms with Gasteiger partial charge in [-0.25, -0.2) is 0 Å². The molecule has 1 fully saturated rings. The Morgan fingerprint density at radius 2 is 2.08 bits per heavy atom. The lowest BCUT2D eigenvalue weighted by Gasteiger charge is -2.30. The lowest BCUT2D eigenvalue weighted by molar-refractivity contribution is -0.137. The van der Waals surface area contributed by atoms with Crippen LogP contribution in [0.5, 0.6) is 0 Å². The summed E-state index contributed by atoms with van der Waals surface area (Å²) >= 11 is 0. The molecule has 1 N–H and O–H groups in total. The number of carbonyl (C=O) groups is 2. The summed E-state index contributed by atoms with van der Waals surface area (Å²) in [6.45, 7) is 9.82. The van der Waals surface area contributed by atoms with Crippen LogP contribution in [0.3, 0.4) is 0 Å². The Morgan fingerprint density at radius 3 is 2.67 bits per heavy atom. The van der Waals surface area contributed by atoms with Crippen LogP contribution in [0.15, 0.2) is 10.6 Å². The van der Waals surface area contributed by atoms with E-state index in [0.29, 0.717) is 31.3 Å². The summed E-state index contributed by atoms with van der Waals surface area (Å²) in [5, 5.41) is 6.38. The molecule has 8 heteroatoms. The quantitative estimate of drug-likeness (QED) is 0.789. The van der Waals surface area contributed by atoms with E-state index < -0.39 is 0 Å². The number of anilines is 1. The van der Waals surface area contributed by atoms with Crippen molar-refractivity contribution >= 4 is 17.6 Å². The molecule has 0 saturated carbocycles. The second-order valence-electron chi connectivity index (χ2n) is 6.24. The van der Waals surface area contributed by atoms with Crippen molar-refractivity contribution in [1.29, 1.82) is 0 Å². The predicted octanol–water partition coefficient (Wildman–Crippen LogP) is 0.738. The maximum Gasteiger partial charge on any atom is 0.245 e. The van der Waals surface area contributed by atoms with Crippen molar-refractivity contribution < 1.29 is 18.8 Å². The fraction of sp³-hybridized carbons (Fsp3) is 0.688. The van der Waals surface area contributed by atoms with E-state index in [1.807, 2.05) is 13.8 Å². The molecule has 24 heavy (non-hydrogen) atoms. The van der Waals surface area contributed by atoms with Crippen LogP contribution in [-0.2, 0) is 14.3 Å². The first-order valence-corrected chi connectivity index (χ1v) is 8.27. The van der Waals surface area contributed by atoms with E-state index in [1.54, 1.807) is 17.9 Å². The third-order valence-electron chi connectivity index (χ3n) is 3.83. The Balaban J connectivity index is 1.89. The zero-order chi connectivity index (χ0) is 17.5. The molecule has 0 bridgehead atoms. The zero-order valence-corrected chi connectivity index (χ0v) is 14.6. The Labute approximate surface area is 142 Å². The van der Waals surface area contributed by atoms with Gasteiger partial charge < -0.3 is 19.5 Å². The second kappa shape index (κ2) is 8.79. The highest BCUT2D eigenvalue weighted by molar-refractivity contribution is 5.94. The van der Waals surface area contributed by atoms with Crippen LogP contribution in [0.1, 0.15) is 19.6 Å². The minimum atomic E-state index is -0.278. The Morgan fingerprint density at radius 1 is 1.38 bits per heavy atom. The van der Waals surface area contributed by atoms with Gasteiger partial charge in [0.15, 0.2) is 5.82 Å². The van der Waals surface area contributed by atoms with Crippen LogP contribution in [0.25, 0.3) is 0 Å². The molecule has 2 rings (SSSR count). The number of hydrogen-bond donors (Lipinski definition) is 1. The maximum atomic E-state index is 12.4. The highest BCUT2D eigenvalue weighted by atomic mass is 16.5. The number of carbonyl (C=O) groups excluding carboxylic acids is 2. The van der Waals surface area contributed by atoms with Crippen molar-refractivity contribution in [2.24, 2.45) is 5.92 Å². The summed E-state index contributed by atoms with van der Waals surface area (Å²) in [5.41, 5.74) is 0. The summed E-state index contributed by atoms with van der Waals surface area (Å²) < 4.78 is 10.2. The van der Waals surface area contributed by atoms with Gasteiger partial charge in [-0.2, -0.15) is 0 Å². The molecular weight excluding hydrogens is 312 g/mol. The van der Waals surface area contributed by atoms with Gasteiger partial charge in [0.05, 0.1) is 19.8 Å². The van der Waals surface area contributed by atoms with E-state index in [0.717, 1.165) is 19.6 Å². The van der Waals surface area contributed by atoms with Gasteiger partial charge in [0.1, 0.15) is 5.76 Å². The Bertz CT molecular complexity index is 552. The van der Waals surface area contributed by atoms with Crippen molar-refractivity contribution in [2.75, 3.05) is 51.3 Å². The van der Waals surface area contributed by atoms with Crippen molar-refractivity contribution in [2.45, 2.75) is 20.8 Å². The van der Waals surface area contributed by atoms with Crippen LogP contribution >= 0.6 is 0 Å². The third kappa shape index (κ3) is 5.61. The van der Waals surface area contributed by atoms with E-state index in [2.05, 4.69) is 15.4 Å². The number of rotatable bonds is 7. The molecule has 2 heterocycles. The minimum Gasteiger partial charge on any atom is -0.379 e. The molecule has 1 aromatic heterocycles. The zero-order valence-electron chi connectivity index (χ0n) is 14.6. The number of aromatic nitrogens is 1. The first-order valence-electron chi connectivity index (χ1n) is 8.27. The molecule has 1 saturated heterocycles. The number of nitrogens with zero attached hydrogens (tertiary/aromatic N) is 3. The van der Waals surface area contributed by atoms with Crippen molar-refractivity contribution in [3.05, 3.63) is 11.8 Å². The first kappa shape index (κ1) is 18.4. The normalized spacial score (nSPS) is 15.5. The number of ether oxygens (including phenoxy) is 1. The molecule has 0 unspecified atom stereocenters. The Hall–Kier alpha value is -1.93. The fourth-order valence-electron chi connectivity index (χ4n) is 2.50. The van der Waals surface area contributed by atoms with Gasteiger partial charge in [-0.1, -0.05) is 19.0 Å². The predicted molar refractivity (Wildman–Crippen MR) is 88.5 cm³/mol. The number of amides is 2. The van der Waals surface area contributed by atoms with E-state index in [4.69, 9.17) is 9.26 Å². The molecule has 0 aromatic carbocycles. The SMILES string of the molecule is Cc1cc(NC(=O)CN(CCN2CCOCC2)C(=O)C(C)C)no1. The number of nitrogens with one attached hydrogen (secondary N) is 1. The first-order chi connectivity index (χ1) is 11.5. The summed E-state index contributed by atoms with van der Waals surface area (Å²) in [7, 11) is 0. The van der Waals surface area contributed by atoms with E-state index in [1.165, 1.54) is 0 Å². The third-order valence-corrected chi connectivity index (χ3v) is 3.83. The van der Waals surface area contributed by atoms with Crippen LogP contribution in [-0.4, -0.2) is 72.7 Å². The van der Waals surface area contributed by atoms with Crippen LogP contribution in [0.2, 0.25) is 0 Å². The molecule has 1 aliphatic heterocycles. The monoisotopic (exact) mass is 338 g/mol.